The molecule has 140 valence electrons. The molecule has 2 aromatic rings. The first-order valence-corrected chi connectivity index (χ1v) is 8.98. The zero-order valence-electron chi connectivity index (χ0n) is 15.3. The summed E-state index contributed by atoms with van der Waals surface area (Å²) in [5.74, 6) is -0.0445. The van der Waals surface area contributed by atoms with Crippen LogP contribution in [0.5, 0.6) is 5.88 Å². The standard InChI is InChI=1S/C18H23BrN4O3/c1-18(2,17(25)20-11-10-15(24)22(3)4)26-16-14(19)12-23(21-16)13-8-6-5-7-9-13/h5-9,12H,10-11H2,1-4H3,(H,20,25). The normalized spacial score (nSPS) is 11.1. The third-order valence-electron chi connectivity index (χ3n) is 3.68. The van der Waals surface area contributed by atoms with E-state index in [0.717, 1.165) is 5.69 Å². The van der Waals surface area contributed by atoms with Gasteiger partial charge in [0, 0.05) is 33.3 Å². The van der Waals surface area contributed by atoms with E-state index in [1.54, 1.807) is 38.8 Å². The van der Waals surface area contributed by atoms with Gasteiger partial charge in [0.2, 0.25) is 11.8 Å². The Hall–Kier alpha value is -2.35. The van der Waals surface area contributed by atoms with E-state index >= 15 is 0 Å². The number of para-hydroxylation sites is 1. The van der Waals surface area contributed by atoms with E-state index in [1.807, 2.05) is 30.3 Å². The molecule has 2 amide bonds. The van der Waals surface area contributed by atoms with Crippen LogP contribution < -0.4 is 10.1 Å². The van der Waals surface area contributed by atoms with Crippen molar-refractivity contribution in [3.63, 3.8) is 0 Å². The first-order valence-electron chi connectivity index (χ1n) is 8.19. The smallest absolute Gasteiger partial charge is 0.263 e. The number of amides is 2. The lowest BCUT2D eigenvalue weighted by Crippen LogP contribution is -2.47. The number of carbonyl (C=O) groups is 2. The van der Waals surface area contributed by atoms with Crippen molar-refractivity contribution in [3.05, 3.63) is 41.0 Å². The molecule has 0 atom stereocenters. The SMILES string of the molecule is CN(C)C(=O)CCNC(=O)C(C)(C)Oc1nn(-c2ccccc2)cc1Br. The third kappa shape index (κ3) is 5.08. The summed E-state index contributed by atoms with van der Waals surface area (Å²) in [7, 11) is 3.36. The fraction of sp³-hybridized carbons (Fsp3) is 0.389. The van der Waals surface area contributed by atoms with Crippen LogP contribution in [0.1, 0.15) is 20.3 Å². The molecular formula is C18H23BrN4O3. The summed E-state index contributed by atoms with van der Waals surface area (Å²) in [6, 6.07) is 9.59. The topological polar surface area (TPSA) is 76.5 Å². The van der Waals surface area contributed by atoms with E-state index in [1.165, 1.54) is 4.90 Å². The number of ether oxygens (including phenoxy) is 1. The van der Waals surface area contributed by atoms with E-state index in [4.69, 9.17) is 4.74 Å². The quantitative estimate of drug-likeness (QED) is 0.742. The Balaban J connectivity index is 2.01. The van der Waals surface area contributed by atoms with Crippen LogP contribution in [0.25, 0.3) is 5.69 Å². The summed E-state index contributed by atoms with van der Waals surface area (Å²) in [4.78, 5) is 25.5. The molecular weight excluding hydrogens is 400 g/mol. The molecule has 0 saturated heterocycles. The Kier molecular flexibility index (Phi) is 6.42. The minimum atomic E-state index is -1.14. The van der Waals surface area contributed by atoms with Gasteiger partial charge in [-0.2, -0.15) is 0 Å². The Bertz CT molecular complexity index is 772. The van der Waals surface area contributed by atoms with Crippen molar-refractivity contribution < 1.29 is 14.3 Å². The maximum atomic E-state index is 12.4. The van der Waals surface area contributed by atoms with Crippen molar-refractivity contribution in [1.29, 1.82) is 0 Å². The number of carbonyl (C=O) groups excluding carboxylic acids is 2. The highest BCUT2D eigenvalue weighted by Gasteiger charge is 2.31. The second-order valence-electron chi connectivity index (χ2n) is 6.47. The fourth-order valence-corrected chi connectivity index (χ4v) is 2.48. The molecule has 0 aliphatic heterocycles. The second kappa shape index (κ2) is 8.35. The zero-order chi connectivity index (χ0) is 19.3. The zero-order valence-corrected chi connectivity index (χ0v) is 16.9. The van der Waals surface area contributed by atoms with Gasteiger partial charge in [0.15, 0.2) is 5.60 Å². The lowest BCUT2D eigenvalue weighted by atomic mass is 10.1. The van der Waals surface area contributed by atoms with Gasteiger partial charge in [-0.3, -0.25) is 9.59 Å². The Labute approximate surface area is 161 Å². The Morgan fingerprint density at radius 3 is 2.54 bits per heavy atom. The summed E-state index contributed by atoms with van der Waals surface area (Å²) in [6.45, 7) is 3.57. The predicted octanol–water partition coefficient (Wildman–Crippen LogP) is 2.39. The molecule has 0 aliphatic carbocycles. The van der Waals surface area contributed by atoms with Crippen LogP contribution in [0.15, 0.2) is 41.0 Å². The lowest BCUT2D eigenvalue weighted by molar-refractivity contribution is -0.134. The Morgan fingerprint density at radius 1 is 1.27 bits per heavy atom. The highest BCUT2D eigenvalue weighted by molar-refractivity contribution is 9.10. The van der Waals surface area contributed by atoms with Crippen LogP contribution in [0.4, 0.5) is 0 Å². The summed E-state index contributed by atoms with van der Waals surface area (Å²) in [5.41, 5.74) is -0.257. The van der Waals surface area contributed by atoms with E-state index in [0.29, 0.717) is 10.4 Å². The van der Waals surface area contributed by atoms with Crippen LogP contribution in [-0.2, 0) is 9.59 Å². The van der Waals surface area contributed by atoms with Crippen LogP contribution in [0.3, 0.4) is 0 Å². The van der Waals surface area contributed by atoms with Gasteiger partial charge in [-0.25, -0.2) is 4.68 Å². The largest absolute Gasteiger partial charge is 0.460 e. The number of halogens is 1. The summed E-state index contributed by atoms with van der Waals surface area (Å²) in [5, 5.41) is 7.11. The average Bonchev–Trinajstić information content (AvgIpc) is 2.95. The van der Waals surface area contributed by atoms with Gasteiger partial charge in [0.1, 0.15) is 0 Å². The highest BCUT2D eigenvalue weighted by Crippen LogP contribution is 2.28. The molecule has 1 aromatic carbocycles. The number of aromatic nitrogens is 2. The summed E-state index contributed by atoms with van der Waals surface area (Å²) >= 11 is 3.41. The van der Waals surface area contributed by atoms with Crippen molar-refractivity contribution >= 4 is 27.7 Å². The van der Waals surface area contributed by atoms with Crippen LogP contribution in [-0.4, -0.2) is 52.7 Å². The first kappa shape index (κ1) is 20.0. The summed E-state index contributed by atoms with van der Waals surface area (Å²) in [6.07, 6.45) is 2.01. The van der Waals surface area contributed by atoms with Crippen LogP contribution in [0, 0.1) is 0 Å². The number of hydrogen-bond donors (Lipinski definition) is 1. The number of nitrogens with one attached hydrogen (secondary N) is 1. The maximum Gasteiger partial charge on any atom is 0.263 e. The van der Waals surface area contributed by atoms with Crippen LogP contribution in [0.2, 0.25) is 0 Å². The van der Waals surface area contributed by atoms with Crippen molar-refractivity contribution in [2.45, 2.75) is 25.9 Å². The maximum absolute atomic E-state index is 12.4. The first-order chi connectivity index (χ1) is 12.2. The van der Waals surface area contributed by atoms with E-state index < -0.39 is 5.60 Å². The van der Waals surface area contributed by atoms with Gasteiger partial charge in [-0.1, -0.05) is 18.2 Å². The number of rotatable bonds is 7. The fourth-order valence-electron chi connectivity index (χ4n) is 2.13. The second-order valence-corrected chi connectivity index (χ2v) is 7.32. The van der Waals surface area contributed by atoms with Gasteiger partial charge in [-0.15, -0.1) is 5.10 Å². The van der Waals surface area contributed by atoms with Crippen molar-refractivity contribution in [2.24, 2.45) is 0 Å². The number of nitrogens with zero attached hydrogens (tertiary/aromatic N) is 3. The van der Waals surface area contributed by atoms with E-state index in [9.17, 15) is 9.59 Å². The molecule has 0 spiro atoms. The van der Waals surface area contributed by atoms with Crippen molar-refractivity contribution in [1.82, 2.24) is 20.0 Å². The van der Waals surface area contributed by atoms with Crippen molar-refractivity contribution in [3.8, 4) is 11.6 Å². The molecule has 2 rings (SSSR count). The van der Waals surface area contributed by atoms with Gasteiger partial charge in [0.25, 0.3) is 5.91 Å². The predicted molar refractivity (Wildman–Crippen MR) is 102 cm³/mol. The Morgan fingerprint density at radius 2 is 1.92 bits per heavy atom. The van der Waals surface area contributed by atoms with E-state index in [-0.39, 0.29) is 24.8 Å². The number of benzene rings is 1. The van der Waals surface area contributed by atoms with Crippen LogP contribution >= 0.6 is 15.9 Å². The molecule has 0 fully saturated rings. The van der Waals surface area contributed by atoms with Crippen molar-refractivity contribution in [2.75, 3.05) is 20.6 Å². The van der Waals surface area contributed by atoms with Gasteiger partial charge < -0.3 is 15.0 Å². The van der Waals surface area contributed by atoms with E-state index in [2.05, 4.69) is 26.3 Å². The molecule has 0 saturated carbocycles. The molecule has 8 heteroatoms. The molecule has 1 N–H and O–H groups in total. The molecule has 1 aromatic heterocycles. The lowest BCUT2D eigenvalue weighted by Gasteiger charge is -2.24. The molecule has 0 unspecified atom stereocenters. The average molecular weight is 423 g/mol. The van der Waals surface area contributed by atoms with Gasteiger partial charge in [-0.05, 0) is 41.9 Å². The number of hydrogen-bond acceptors (Lipinski definition) is 4. The third-order valence-corrected chi connectivity index (χ3v) is 4.23. The molecule has 0 aliphatic rings. The minimum Gasteiger partial charge on any atom is -0.460 e. The molecule has 1 heterocycles. The monoisotopic (exact) mass is 422 g/mol. The molecule has 0 radical (unpaired) electrons. The van der Waals surface area contributed by atoms with Gasteiger partial charge in [0.05, 0.1) is 10.2 Å². The minimum absolute atomic E-state index is 0.0478. The molecule has 0 bridgehead atoms. The highest BCUT2D eigenvalue weighted by atomic mass is 79.9. The summed E-state index contributed by atoms with van der Waals surface area (Å²) < 4.78 is 8.13. The molecule has 7 nitrogen and oxygen atoms in total. The van der Waals surface area contributed by atoms with Gasteiger partial charge >= 0.3 is 0 Å². The molecule has 26 heavy (non-hydrogen) atoms.